The van der Waals surface area contributed by atoms with E-state index in [4.69, 9.17) is 10.00 Å². The van der Waals surface area contributed by atoms with E-state index < -0.39 is 6.04 Å². The number of benzene rings is 1. The lowest BCUT2D eigenvalue weighted by atomic mass is 9.83. The average molecular weight is 382 g/mol. The number of aromatic nitrogens is 1. The minimum absolute atomic E-state index is 0.141. The second-order valence-corrected chi connectivity index (χ2v) is 7.26. The number of ether oxygens (including phenoxy) is 1. The summed E-state index contributed by atoms with van der Waals surface area (Å²) in [5, 5.41) is 15.9. The molecule has 0 spiro atoms. The maximum Gasteiger partial charge on any atom is 0.268 e. The van der Waals surface area contributed by atoms with E-state index in [1.54, 1.807) is 0 Å². The molecule has 0 unspecified atom stereocenters. The maximum atomic E-state index is 12.9. The Kier molecular flexibility index (Phi) is 6.32. The van der Waals surface area contributed by atoms with Gasteiger partial charge in [-0.2, -0.15) is 5.26 Å². The van der Waals surface area contributed by atoms with Gasteiger partial charge in [0.2, 0.25) is 5.91 Å². The Labute approximate surface area is 164 Å². The van der Waals surface area contributed by atoms with Gasteiger partial charge in [-0.25, -0.2) is 0 Å². The number of hydrogen-bond acceptors (Lipinski definition) is 4. The van der Waals surface area contributed by atoms with Crippen LogP contribution >= 0.6 is 0 Å². The third kappa shape index (κ3) is 4.18. The molecule has 1 saturated carbocycles. The minimum atomic E-state index is -0.686. The molecule has 0 aliphatic heterocycles. The number of methoxy groups -OCH3 is 1. The van der Waals surface area contributed by atoms with E-state index in [-0.39, 0.29) is 30.4 Å². The van der Waals surface area contributed by atoms with Gasteiger partial charge in [0.1, 0.15) is 11.7 Å². The molecule has 28 heavy (non-hydrogen) atoms. The first-order valence-electron chi connectivity index (χ1n) is 9.59. The lowest BCUT2D eigenvalue weighted by molar-refractivity contribution is -0.127. The minimum Gasteiger partial charge on any atom is -0.381 e. The number of rotatable bonds is 6. The highest BCUT2D eigenvalue weighted by Gasteiger charge is 2.33. The fourth-order valence-electron chi connectivity index (χ4n) is 3.92. The summed E-state index contributed by atoms with van der Waals surface area (Å²) < 4.78 is 6.83. The van der Waals surface area contributed by atoms with Gasteiger partial charge in [-0.3, -0.25) is 9.59 Å². The van der Waals surface area contributed by atoms with Crippen molar-refractivity contribution in [1.82, 2.24) is 15.2 Å². The molecule has 7 heteroatoms. The first-order valence-corrected chi connectivity index (χ1v) is 9.59. The van der Waals surface area contributed by atoms with Crippen LogP contribution in [0.4, 0.5) is 0 Å². The molecule has 148 valence electrons. The van der Waals surface area contributed by atoms with E-state index in [1.807, 2.05) is 48.0 Å². The van der Waals surface area contributed by atoms with E-state index >= 15 is 0 Å². The van der Waals surface area contributed by atoms with Crippen molar-refractivity contribution in [3.63, 3.8) is 0 Å². The number of amides is 2. The Morgan fingerprint density at radius 1 is 1.32 bits per heavy atom. The number of carbonyl (C=O) groups excluding carboxylic acids is 2. The van der Waals surface area contributed by atoms with E-state index in [9.17, 15) is 9.59 Å². The molecule has 7 nitrogen and oxygen atoms in total. The SMILES string of the molecule is COC[C@@H](C#N)NC(=O)[C@@H]1CCCC[C@@H]1NC(=O)c1cc2ccccc2n1C. The first-order chi connectivity index (χ1) is 13.5. The van der Waals surface area contributed by atoms with Crippen molar-refractivity contribution in [3.05, 3.63) is 36.0 Å². The number of nitriles is 1. The van der Waals surface area contributed by atoms with Crippen LogP contribution in [0, 0.1) is 17.2 Å². The van der Waals surface area contributed by atoms with Crippen LogP contribution in [-0.2, 0) is 16.6 Å². The van der Waals surface area contributed by atoms with Crippen LogP contribution in [0.15, 0.2) is 30.3 Å². The van der Waals surface area contributed by atoms with Crippen molar-refractivity contribution in [3.8, 4) is 6.07 Å². The third-order valence-electron chi connectivity index (χ3n) is 5.41. The van der Waals surface area contributed by atoms with E-state index in [0.29, 0.717) is 12.1 Å². The van der Waals surface area contributed by atoms with E-state index in [2.05, 4.69) is 10.6 Å². The highest BCUT2D eigenvalue weighted by atomic mass is 16.5. The van der Waals surface area contributed by atoms with Crippen LogP contribution in [0.1, 0.15) is 36.2 Å². The van der Waals surface area contributed by atoms with Crippen molar-refractivity contribution < 1.29 is 14.3 Å². The predicted molar refractivity (Wildman–Crippen MR) is 106 cm³/mol. The largest absolute Gasteiger partial charge is 0.381 e. The Balaban J connectivity index is 1.73. The molecular formula is C21H26N4O3. The second-order valence-electron chi connectivity index (χ2n) is 7.26. The summed E-state index contributed by atoms with van der Waals surface area (Å²) in [6, 6.07) is 10.8. The second kappa shape index (κ2) is 8.89. The summed E-state index contributed by atoms with van der Waals surface area (Å²) >= 11 is 0. The van der Waals surface area contributed by atoms with Crippen molar-refractivity contribution in [1.29, 1.82) is 5.26 Å². The number of nitrogens with zero attached hydrogens (tertiary/aromatic N) is 2. The number of nitrogens with one attached hydrogen (secondary N) is 2. The van der Waals surface area contributed by atoms with Gasteiger partial charge in [-0.05, 0) is 25.0 Å². The van der Waals surface area contributed by atoms with Crippen molar-refractivity contribution in [2.75, 3.05) is 13.7 Å². The molecule has 3 atom stereocenters. The molecule has 0 radical (unpaired) electrons. The monoisotopic (exact) mass is 382 g/mol. The number of para-hydroxylation sites is 1. The number of hydrogen-bond donors (Lipinski definition) is 2. The molecular weight excluding hydrogens is 356 g/mol. The average Bonchev–Trinajstić information content (AvgIpc) is 3.05. The van der Waals surface area contributed by atoms with Crippen molar-refractivity contribution in [2.45, 2.75) is 37.8 Å². The van der Waals surface area contributed by atoms with Crippen molar-refractivity contribution in [2.24, 2.45) is 13.0 Å². The molecule has 3 rings (SSSR count). The van der Waals surface area contributed by atoms with Crippen LogP contribution in [0.5, 0.6) is 0 Å². The molecule has 2 amide bonds. The van der Waals surface area contributed by atoms with Crippen molar-refractivity contribution >= 4 is 22.7 Å². The molecule has 1 aliphatic carbocycles. The van der Waals surface area contributed by atoms with Gasteiger partial charge in [0.25, 0.3) is 5.91 Å². The Hall–Kier alpha value is -2.85. The summed E-state index contributed by atoms with van der Waals surface area (Å²) in [6.45, 7) is 0.141. The zero-order chi connectivity index (χ0) is 20.1. The van der Waals surface area contributed by atoms with Gasteiger partial charge in [0.05, 0.1) is 18.6 Å². The highest BCUT2D eigenvalue weighted by Crippen LogP contribution is 2.26. The van der Waals surface area contributed by atoms with Gasteiger partial charge in [0.15, 0.2) is 0 Å². The summed E-state index contributed by atoms with van der Waals surface area (Å²) in [4.78, 5) is 25.6. The maximum absolute atomic E-state index is 12.9. The number of fused-ring (bicyclic) bond motifs is 1. The van der Waals surface area contributed by atoms with Crippen LogP contribution in [0.3, 0.4) is 0 Å². The molecule has 1 fully saturated rings. The van der Waals surface area contributed by atoms with Crippen LogP contribution < -0.4 is 10.6 Å². The lowest BCUT2D eigenvalue weighted by Gasteiger charge is -2.31. The molecule has 1 aromatic carbocycles. The fourth-order valence-corrected chi connectivity index (χ4v) is 3.92. The molecule has 1 heterocycles. The van der Waals surface area contributed by atoms with Gasteiger partial charge in [-0.15, -0.1) is 0 Å². The van der Waals surface area contributed by atoms with Crippen LogP contribution in [-0.4, -0.2) is 42.2 Å². The normalized spacial score (nSPS) is 20.3. The van der Waals surface area contributed by atoms with E-state index in [1.165, 1.54) is 7.11 Å². The summed E-state index contributed by atoms with van der Waals surface area (Å²) in [5.74, 6) is -0.733. The molecule has 0 saturated heterocycles. The Bertz CT molecular complexity index is 899. The highest BCUT2D eigenvalue weighted by molar-refractivity contribution is 5.99. The molecule has 1 aliphatic rings. The molecule has 0 bridgehead atoms. The number of carbonyl (C=O) groups is 2. The standard InChI is InChI=1S/C21H26N4O3/c1-25-18-10-6-3-7-14(18)11-19(25)21(27)24-17-9-5-4-8-16(17)20(26)23-15(12-22)13-28-2/h3,6-7,10-11,15-17H,4-5,8-9,13H2,1-2H3,(H,23,26)(H,24,27)/t15-,16-,17+/m1/s1. The third-order valence-corrected chi connectivity index (χ3v) is 5.41. The summed E-state index contributed by atoms with van der Waals surface area (Å²) in [5.41, 5.74) is 1.56. The molecule has 2 N–H and O–H groups in total. The van der Waals surface area contributed by atoms with Crippen LogP contribution in [0.2, 0.25) is 0 Å². The Morgan fingerprint density at radius 3 is 2.79 bits per heavy atom. The van der Waals surface area contributed by atoms with Gasteiger partial charge in [0, 0.05) is 31.1 Å². The fraction of sp³-hybridized carbons (Fsp3) is 0.476. The number of aryl methyl sites for hydroxylation is 1. The van der Waals surface area contributed by atoms with E-state index in [0.717, 1.165) is 30.2 Å². The molecule has 2 aromatic rings. The zero-order valence-electron chi connectivity index (χ0n) is 16.3. The van der Waals surface area contributed by atoms with Gasteiger partial charge >= 0.3 is 0 Å². The summed E-state index contributed by atoms with van der Waals surface area (Å²) in [7, 11) is 3.36. The topological polar surface area (TPSA) is 96.2 Å². The van der Waals surface area contributed by atoms with Gasteiger partial charge in [-0.1, -0.05) is 31.0 Å². The lowest BCUT2D eigenvalue weighted by Crippen LogP contribution is -2.50. The first kappa shape index (κ1) is 19.9. The zero-order valence-corrected chi connectivity index (χ0v) is 16.3. The quantitative estimate of drug-likeness (QED) is 0.800. The molecule has 1 aromatic heterocycles. The smallest absolute Gasteiger partial charge is 0.268 e. The predicted octanol–water partition coefficient (Wildman–Crippen LogP) is 2.12. The van der Waals surface area contributed by atoms with Crippen LogP contribution in [0.25, 0.3) is 10.9 Å². The Morgan fingerprint density at radius 2 is 2.07 bits per heavy atom. The van der Waals surface area contributed by atoms with Gasteiger partial charge < -0.3 is 19.9 Å². The summed E-state index contributed by atoms with van der Waals surface area (Å²) in [6.07, 6.45) is 3.33.